The molecule has 0 saturated carbocycles. The van der Waals surface area contributed by atoms with Gasteiger partial charge in [-0.2, -0.15) is 0 Å². The number of carbonyl (C=O) groups is 1. The molecule has 98 valence electrons. The van der Waals surface area contributed by atoms with Gasteiger partial charge in [-0.05, 0) is 24.3 Å². The monoisotopic (exact) mass is 265 g/mol. The molecule has 0 radical (unpaired) electrons. The second-order valence-electron chi connectivity index (χ2n) is 4.24. The van der Waals surface area contributed by atoms with Crippen molar-refractivity contribution in [3.63, 3.8) is 0 Å². The van der Waals surface area contributed by atoms with Gasteiger partial charge in [-0.25, -0.2) is 9.78 Å². The Morgan fingerprint density at radius 3 is 2.50 bits per heavy atom. The number of rotatable bonds is 3. The van der Waals surface area contributed by atoms with Crippen LogP contribution in [0.4, 0.5) is 0 Å². The van der Waals surface area contributed by atoms with E-state index in [1.165, 1.54) is 6.07 Å². The fourth-order valence-corrected chi connectivity index (χ4v) is 1.94. The number of aromatic nitrogens is 1. The third-order valence-corrected chi connectivity index (χ3v) is 2.87. The average Bonchev–Trinajstić information content (AvgIpc) is 2.48. The van der Waals surface area contributed by atoms with E-state index >= 15 is 0 Å². The van der Waals surface area contributed by atoms with Gasteiger partial charge in [-0.15, -0.1) is 0 Å². The smallest absolute Gasteiger partial charge is 0.354 e. The van der Waals surface area contributed by atoms with Gasteiger partial charge in [0.15, 0.2) is 5.75 Å². The minimum absolute atomic E-state index is 0.00149. The van der Waals surface area contributed by atoms with Crippen molar-refractivity contribution in [2.45, 2.75) is 0 Å². The van der Waals surface area contributed by atoms with E-state index in [4.69, 9.17) is 9.84 Å². The number of para-hydroxylation sites is 2. The summed E-state index contributed by atoms with van der Waals surface area (Å²) in [6.07, 6.45) is 0. The first-order valence-electron chi connectivity index (χ1n) is 6.10. The summed E-state index contributed by atoms with van der Waals surface area (Å²) in [7, 11) is 0. The topological polar surface area (TPSA) is 59.4 Å². The largest absolute Gasteiger partial charge is 0.477 e. The van der Waals surface area contributed by atoms with Crippen LogP contribution in [0.2, 0.25) is 0 Å². The number of fused-ring (bicyclic) bond motifs is 1. The number of carboxylic acid groups (broad SMARTS) is 1. The van der Waals surface area contributed by atoms with Crippen LogP contribution in [0, 0.1) is 0 Å². The third-order valence-electron chi connectivity index (χ3n) is 2.87. The summed E-state index contributed by atoms with van der Waals surface area (Å²) in [5.41, 5.74) is 0.540. The van der Waals surface area contributed by atoms with Crippen molar-refractivity contribution < 1.29 is 14.6 Å². The van der Waals surface area contributed by atoms with Crippen LogP contribution in [0.5, 0.6) is 11.5 Å². The number of benzene rings is 2. The lowest BCUT2D eigenvalue weighted by Gasteiger charge is -2.08. The van der Waals surface area contributed by atoms with Gasteiger partial charge in [-0.3, -0.25) is 0 Å². The minimum Gasteiger partial charge on any atom is -0.477 e. The van der Waals surface area contributed by atoms with E-state index in [9.17, 15) is 4.79 Å². The molecule has 4 heteroatoms. The molecule has 0 atom stereocenters. The number of ether oxygens (including phenoxy) is 1. The lowest BCUT2D eigenvalue weighted by atomic mass is 10.2. The summed E-state index contributed by atoms with van der Waals surface area (Å²) >= 11 is 0. The highest BCUT2D eigenvalue weighted by Gasteiger charge is 2.09. The zero-order valence-electron chi connectivity index (χ0n) is 10.5. The van der Waals surface area contributed by atoms with E-state index in [1.54, 1.807) is 12.1 Å². The van der Waals surface area contributed by atoms with Gasteiger partial charge < -0.3 is 9.84 Å². The molecule has 2 aromatic carbocycles. The van der Waals surface area contributed by atoms with E-state index in [-0.39, 0.29) is 5.69 Å². The molecule has 1 heterocycles. The van der Waals surface area contributed by atoms with E-state index in [2.05, 4.69) is 4.98 Å². The van der Waals surface area contributed by atoms with Crippen molar-refractivity contribution >= 4 is 16.9 Å². The highest BCUT2D eigenvalue weighted by Crippen LogP contribution is 2.28. The maximum atomic E-state index is 11.0. The van der Waals surface area contributed by atoms with Crippen LogP contribution in [0.1, 0.15) is 10.5 Å². The van der Waals surface area contributed by atoms with Crippen molar-refractivity contribution in [1.82, 2.24) is 4.98 Å². The zero-order valence-corrected chi connectivity index (χ0v) is 10.5. The molecule has 0 fully saturated rings. The molecule has 0 bridgehead atoms. The second kappa shape index (κ2) is 5.01. The average molecular weight is 265 g/mol. The van der Waals surface area contributed by atoms with Crippen LogP contribution in [0.25, 0.3) is 10.9 Å². The van der Waals surface area contributed by atoms with Crippen LogP contribution < -0.4 is 4.74 Å². The number of carboxylic acids is 1. The van der Waals surface area contributed by atoms with E-state index in [0.717, 1.165) is 5.39 Å². The minimum atomic E-state index is -1.05. The lowest BCUT2D eigenvalue weighted by Crippen LogP contribution is -2.00. The fraction of sp³-hybridized carbons (Fsp3) is 0. The highest BCUT2D eigenvalue weighted by atomic mass is 16.5. The molecule has 0 aliphatic carbocycles. The second-order valence-corrected chi connectivity index (χ2v) is 4.24. The summed E-state index contributed by atoms with van der Waals surface area (Å²) in [5.74, 6) is 0.167. The number of pyridine rings is 1. The standard InChI is InChI=1S/C16H11NO3/c18-16(19)13-10-9-11-5-4-8-14(15(11)17-13)20-12-6-2-1-3-7-12/h1-10H,(H,18,19). The predicted molar refractivity (Wildman–Crippen MR) is 75.2 cm³/mol. The maximum Gasteiger partial charge on any atom is 0.354 e. The first kappa shape index (κ1) is 12.2. The van der Waals surface area contributed by atoms with Crippen LogP contribution in [0.15, 0.2) is 60.7 Å². The Kier molecular flexibility index (Phi) is 3.05. The van der Waals surface area contributed by atoms with Crippen LogP contribution in [-0.2, 0) is 0 Å². The van der Waals surface area contributed by atoms with Crippen LogP contribution in [0.3, 0.4) is 0 Å². The molecule has 0 amide bonds. The van der Waals surface area contributed by atoms with E-state index in [1.807, 2.05) is 42.5 Å². The Hall–Kier alpha value is -2.88. The number of hydrogen-bond donors (Lipinski definition) is 1. The van der Waals surface area contributed by atoms with Crippen molar-refractivity contribution in [1.29, 1.82) is 0 Å². The number of aromatic carboxylic acids is 1. The SMILES string of the molecule is O=C(O)c1ccc2cccc(Oc3ccccc3)c2n1. The van der Waals surface area contributed by atoms with Crippen molar-refractivity contribution in [2.75, 3.05) is 0 Å². The first-order valence-corrected chi connectivity index (χ1v) is 6.10. The van der Waals surface area contributed by atoms with Gasteiger partial charge in [0, 0.05) is 5.39 Å². The van der Waals surface area contributed by atoms with Gasteiger partial charge in [0.1, 0.15) is 17.0 Å². The molecule has 0 spiro atoms. The van der Waals surface area contributed by atoms with Gasteiger partial charge in [-0.1, -0.05) is 36.4 Å². The summed E-state index contributed by atoms with van der Waals surface area (Å²) in [5, 5.41) is 9.86. The molecule has 0 unspecified atom stereocenters. The molecule has 0 aliphatic heterocycles. The highest BCUT2D eigenvalue weighted by molar-refractivity contribution is 5.91. The fourth-order valence-electron chi connectivity index (χ4n) is 1.94. The van der Waals surface area contributed by atoms with E-state index in [0.29, 0.717) is 17.0 Å². The Balaban J connectivity index is 2.10. The molecule has 0 aliphatic rings. The van der Waals surface area contributed by atoms with Crippen molar-refractivity contribution in [3.8, 4) is 11.5 Å². The Morgan fingerprint density at radius 2 is 1.75 bits per heavy atom. The summed E-state index contributed by atoms with van der Waals surface area (Å²) in [6, 6.07) is 18.0. The normalized spacial score (nSPS) is 10.4. The molecule has 3 rings (SSSR count). The molecular weight excluding hydrogens is 254 g/mol. The lowest BCUT2D eigenvalue weighted by molar-refractivity contribution is 0.0691. The van der Waals surface area contributed by atoms with Gasteiger partial charge in [0.2, 0.25) is 0 Å². The Labute approximate surface area is 115 Å². The zero-order chi connectivity index (χ0) is 13.9. The molecule has 0 saturated heterocycles. The molecule has 4 nitrogen and oxygen atoms in total. The molecule has 1 N–H and O–H groups in total. The summed E-state index contributed by atoms with van der Waals surface area (Å²) in [6.45, 7) is 0. The van der Waals surface area contributed by atoms with Crippen LogP contribution in [-0.4, -0.2) is 16.1 Å². The summed E-state index contributed by atoms with van der Waals surface area (Å²) in [4.78, 5) is 15.2. The molecule has 20 heavy (non-hydrogen) atoms. The van der Waals surface area contributed by atoms with Gasteiger partial charge >= 0.3 is 5.97 Å². The Bertz CT molecular complexity index is 769. The molecule has 3 aromatic rings. The van der Waals surface area contributed by atoms with Crippen LogP contribution >= 0.6 is 0 Å². The van der Waals surface area contributed by atoms with Crippen molar-refractivity contribution in [3.05, 3.63) is 66.4 Å². The number of nitrogens with zero attached hydrogens (tertiary/aromatic N) is 1. The summed E-state index contributed by atoms with van der Waals surface area (Å²) < 4.78 is 5.77. The predicted octanol–water partition coefficient (Wildman–Crippen LogP) is 3.73. The maximum absolute atomic E-state index is 11.0. The quantitative estimate of drug-likeness (QED) is 0.784. The number of hydrogen-bond acceptors (Lipinski definition) is 3. The van der Waals surface area contributed by atoms with Gasteiger partial charge in [0.05, 0.1) is 0 Å². The Morgan fingerprint density at radius 1 is 0.950 bits per heavy atom. The van der Waals surface area contributed by atoms with Crippen molar-refractivity contribution in [2.24, 2.45) is 0 Å². The van der Waals surface area contributed by atoms with E-state index < -0.39 is 5.97 Å². The molecule has 1 aromatic heterocycles. The first-order chi connectivity index (χ1) is 9.74. The molecular formula is C16H11NO3. The van der Waals surface area contributed by atoms with Gasteiger partial charge in [0.25, 0.3) is 0 Å². The third kappa shape index (κ3) is 2.31.